The Kier molecular flexibility index (Phi) is 2.35. The van der Waals surface area contributed by atoms with Gasteiger partial charge in [-0.05, 0) is 18.9 Å². The predicted molar refractivity (Wildman–Crippen MR) is 63.8 cm³/mol. The van der Waals surface area contributed by atoms with Crippen LogP contribution in [0.15, 0.2) is 31.0 Å². The maximum atomic E-state index is 11.9. The number of rotatable bonds is 4. The van der Waals surface area contributed by atoms with Crippen LogP contribution in [0.4, 0.5) is 0 Å². The van der Waals surface area contributed by atoms with Gasteiger partial charge < -0.3 is 9.13 Å². The van der Waals surface area contributed by atoms with E-state index in [4.69, 9.17) is 0 Å². The molecule has 3 rings (SSSR count). The first-order valence-electron chi connectivity index (χ1n) is 5.89. The fourth-order valence-corrected chi connectivity index (χ4v) is 1.99. The normalized spacial score (nSPS) is 15.1. The molecule has 1 aliphatic carbocycles. The SMILES string of the molecule is Cn1cncc1Cn1ccc(C(=O)C2CC2)c1. The summed E-state index contributed by atoms with van der Waals surface area (Å²) in [5.41, 5.74) is 1.97. The summed E-state index contributed by atoms with van der Waals surface area (Å²) < 4.78 is 4.02. The topological polar surface area (TPSA) is 39.8 Å². The third-order valence-corrected chi connectivity index (χ3v) is 3.24. The van der Waals surface area contributed by atoms with Crippen molar-refractivity contribution in [3.8, 4) is 0 Å². The number of hydrogen-bond donors (Lipinski definition) is 0. The summed E-state index contributed by atoms with van der Waals surface area (Å²) >= 11 is 0. The summed E-state index contributed by atoms with van der Waals surface area (Å²) in [6, 6.07) is 1.91. The fraction of sp³-hybridized carbons (Fsp3) is 0.385. The molecule has 2 aromatic rings. The largest absolute Gasteiger partial charge is 0.348 e. The minimum Gasteiger partial charge on any atom is -0.348 e. The number of hydrogen-bond acceptors (Lipinski definition) is 2. The highest BCUT2D eigenvalue weighted by Crippen LogP contribution is 2.32. The van der Waals surface area contributed by atoms with E-state index in [1.807, 2.05) is 40.8 Å². The van der Waals surface area contributed by atoms with Gasteiger partial charge in [0.05, 0.1) is 18.6 Å². The minimum atomic E-state index is 0.294. The van der Waals surface area contributed by atoms with Crippen LogP contribution >= 0.6 is 0 Å². The standard InChI is InChI=1S/C13H15N3O/c1-15-9-14-6-12(15)8-16-5-4-11(7-16)13(17)10-2-3-10/h4-7,9-10H,2-3,8H2,1H3. The lowest BCUT2D eigenvalue weighted by molar-refractivity contribution is 0.0967. The Morgan fingerprint density at radius 2 is 2.35 bits per heavy atom. The molecular formula is C13H15N3O. The predicted octanol–water partition coefficient (Wildman–Crippen LogP) is 1.86. The van der Waals surface area contributed by atoms with E-state index in [0.29, 0.717) is 11.7 Å². The molecule has 88 valence electrons. The number of carbonyl (C=O) groups excluding carboxylic acids is 1. The highest BCUT2D eigenvalue weighted by atomic mass is 16.1. The van der Waals surface area contributed by atoms with Crippen molar-refractivity contribution < 1.29 is 4.79 Å². The average molecular weight is 229 g/mol. The average Bonchev–Trinajstić information content (AvgIpc) is 2.95. The Hall–Kier alpha value is -1.84. The lowest BCUT2D eigenvalue weighted by Gasteiger charge is -2.03. The Balaban J connectivity index is 1.76. The summed E-state index contributed by atoms with van der Waals surface area (Å²) in [5, 5.41) is 0. The van der Waals surface area contributed by atoms with Crippen molar-refractivity contribution in [3.63, 3.8) is 0 Å². The molecule has 0 N–H and O–H groups in total. The summed E-state index contributed by atoms with van der Waals surface area (Å²) in [6.45, 7) is 0.758. The van der Waals surface area contributed by atoms with Crippen LogP contribution in [0, 0.1) is 5.92 Å². The molecule has 2 aromatic heterocycles. The molecule has 0 spiro atoms. The molecule has 0 aromatic carbocycles. The molecule has 0 amide bonds. The van der Waals surface area contributed by atoms with Crippen LogP contribution in [0.25, 0.3) is 0 Å². The molecule has 0 unspecified atom stereocenters. The second-order valence-electron chi connectivity index (χ2n) is 4.71. The summed E-state index contributed by atoms with van der Waals surface area (Å²) in [5.74, 6) is 0.594. The highest BCUT2D eigenvalue weighted by molar-refractivity contribution is 5.99. The maximum Gasteiger partial charge on any atom is 0.167 e. The van der Waals surface area contributed by atoms with E-state index in [-0.39, 0.29) is 0 Å². The Morgan fingerprint density at radius 3 is 3.00 bits per heavy atom. The van der Waals surface area contributed by atoms with Crippen LogP contribution in [0.3, 0.4) is 0 Å². The molecule has 0 bridgehead atoms. The van der Waals surface area contributed by atoms with E-state index in [1.165, 1.54) is 0 Å². The van der Waals surface area contributed by atoms with E-state index in [0.717, 1.165) is 30.6 Å². The number of Topliss-reactive ketones (excluding diaryl/α,β-unsaturated/α-hetero) is 1. The molecule has 4 nitrogen and oxygen atoms in total. The van der Waals surface area contributed by atoms with Gasteiger partial charge in [0, 0.05) is 37.1 Å². The second-order valence-corrected chi connectivity index (χ2v) is 4.71. The van der Waals surface area contributed by atoms with Crippen LogP contribution in [0.1, 0.15) is 28.9 Å². The van der Waals surface area contributed by atoms with E-state index >= 15 is 0 Å². The molecule has 17 heavy (non-hydrogen) atoms. The van der Waals surface area contributed by atoms with Crippen molar-refractivity contribution in [2.45, 2.75) is 19.4 Å². The molecular weight excluding hydrogens is 214 g/mol. The molecule has 4 heteroatoms. The van der Waals surface area contributed by atoms with E-state index < -0.39 is 0 Å². The first kappa shape index (κ1) is 10.3. The van der Waals surface area contributed by atoms with Crippen molar-refractivity contribution in [2.24, 2.45) is 13.0 Å². The minimum absolute atomic E-state index is 0.294. The van der Waals surface area contributed by atoms with Crippen molar-refractivity contribution in [3.05, 3.63) is 42.2 Å². The van der Waals surface area contributed by atoms with E-state index in [2.05, 4.69) is 4.98 Å². The molecule has 2 heterocycles. The summed E-state index contributed by atoms with van der Waals surface area (Å²) in [4.78, 5) is 15.9. The Labute approximate surface area is 99.9 Å². The molecule has 0 aliphatic heterocycles. The number of carbonyl (C=O) groups is 1. The van der Waals surface area contributed by atoms with Gasteiger partial charge in [0.15, 0.2) is 5.78 Å². The van der Waals surface area contributed by atoms with Crippen LogP contribution in [0.2, 0.25) is 0 Å². The third-order valence-electron chi connectivity index (χ3n) is 3.24. The fourth-order valence-electron chi connectivity index (χ4n) is 1.99. The lowest BCUT2D eigenvalue weighted by Crippen LogP contribution is -2.03. The molecule has 1 saturated carbocycles. The first-order valence-corrected chi connectivity index (χ1v) is 5.89. The number of aryl methyl sites for hydroxylation is 1. The van der Waals surface area contributed by atoms with Gasteiger partial charge in [-0.3, -0.25) is 4.79 Å². The quantitative estimate of drug-likeness (QED) is 0.751. The zero-order valence-corrected chi connectivity index (χ0v) is 9.84. The van der Waals surface area contributed by atoms with Crippen LogP contribution in [-0.4, -0.2) is 19.9 Å². The number of aromatic nitrogens is 3. The zero-order valence-electron chi connectivity index (χ0n) is 9.84. The monoisotopic (exact) mass is 229 g/mol. The Bertz CT molecular complexity index is 549. The lowest BCUT2D eigenvalue weighted by atomic mass is 10.1. The van der Waals surface area contributed by atoms with Gasteiger partial charge in [0.2, 0.25) is 0 Å². The highest BCUT2D eigenvalue weighted by Gasteiger charge is 2.30. The van der Waals surface area contributed by atoms with Crippen molar-refractivity contribution in [1.29, 1.82) is 0 Å². The molecule has 0 saturated heterocycles. The van der Waals surface area contributed by atoms with Crippen molar-refractivity contribution in [1.82, 2.24) is 14.1 Å². The molecule has 0 radical (unpaired) electrons. The van der Waals surface area contributed by atoms with Gasteiger partial charge in [-0.1, -0.05) is 0 Å². The van der Waals surface area contributed by atoms with Crippen LogP contribution < -0.4 is 0 Å². The maximum absolute atomic E-state index is 11.9. The summed E-state index contributed by atoms with van der Waals surface area (Å²) in [6.07, 6.45) is 9.66. The van der Waals surface area contributed by atoms with Gasteiger partial charge in [-0.25, -0.2) is 4.98 Å². The van der Waals surface area contributed by atoms with Crippen LogP contribution in [0.5, 0.6) is 0 Å². The summed E-state index contributed by atoms with van der Waals surface area (Å²) in [7, 11) is 1.97. The van der Waals surface area contributed by atoms with E-state index in [9.17, 15) is 4.79 Å². The molecule has 0 atom stereocenters. The first-order chi connectivity index (χ1) is 8.24. The molecule has 1 aliphatic rings. The van der Waals surface area contributed by atoms with Gasteiger partial charge in [-0.15, -0.1) is 0 Å². The number of nitrogens with zero attached hydrogens (tertiary/aromatic N) is 3. The smallest absolute Gasteiger partial charge is 0.167 e. The van der Waals surface area contributed by atoms with Crippen molar-refractivity contribution in [2.75, 3.05) is 0 Å². The number of ketones is 1. The van der Waals surface area contributed by atoms with Crippen molar-refractivity contribution >= 4 is 5.78 Å². The Morgan fingerprint density at radius 1 is 1.53 bits per heavy atom. The van der Waals surface area contributed by atoms with E-state index in [1.54, 1.807) is 6.33 Å². The van der Waals surface area contributed by atoms with Gasteiger partial charge in [0.25, 0.3) is 0 Å². The molecule has 1 fully saturated rings. The number of imidazole rings is 1. The zero-order chi connectivity index (χ0) is 11.8. The van der Waals surface area contributed by atoms with Gasteiger partial charge in [0.1, 0.15) is 0 Å². The second kappa shape index (κ2) is 3.87. The van der Waals surface area contributed by atoms with Crippen LogP contribution in [-0.2, 0) is 13.6 Å². The van der Waals surface area contributed by atoms with Gasteiger partial charge >= 0.3 is 0 Å². The third kappa shape index (κ3) is 2.02. The van der Waals surface area contributed by atoms with Gasteiger partial charge in [-0.2, -0.15) is 0 Å².